The van der Waals surface area contributed by atoms with E-state index in [-0.39, 0.29) is 11.8 Å². The third kappa shape index (κ3) is 2.76. The summed E-state index contributed by atoms with van der Waals surface area (Å²) in [6, 6.07) is 2.13. The van der Waals surface area contributed by atoms with Crippen LogP contribution in [-0.4, -0.2) is 48.0 Å². The molecular formula is C15H22N4O. The number of amides is 1. The van der Waals surface area contributed by atoms with Gasteiger partial charge in [0.25, 0.3) is 0 Å². The Morgan fingerprint density at radius 3 is 2.50 bits per heavy atom. The molecule has 1 saturated heterocycles. The number of hydrogen-bond acceptors (Lipinski definition) is 4. The molecule has 2 aliphatic rings. The minimum Gasteiger partial charge on any atom is -0.356 e. The van der Waals surface area contributed by atoms with Crippen LogP contribution >= 0.6 is 0 Å². The van der Waals surface area contributed by atoms with Gasteiger partial charge in [0.2, 0.25) is 5.91 Å². The van der Waals surface area contributed by atoms with E-state index in [1.807, 2.05) is 14.1 Å². The molecule has 108 valence electrons. The Morgan fingerprint density at radius 1 is 1.20 bits per heavy atom. The van der Waals surface area contributed by atoms with Crippen molar-refractivity contribution in [1.82, 2.24) is 14.9 Å². The van der Waals surface area contributed by atoms with Gasteiger partial charge >= 0.3 is 0 Å². The fraction of sp³-hybridized carbons (Fsp3) is 0.667. The van der Waals surface area contributed by atoms with E-state index in [4.69, 9.17) is 0 Å². The van der Waals surface area contributed by atoms with Gasteiger partial charge in [0.05, 0.1) is 0 Å². The minimum absolute atomic E-state index is 0.172. The summed E-state index contributed by atoms with van der Waals surface area (Å²) in [7, 11) is 3.67. The summed E-state index contributed by atoms with van der Waals surface area (Å²) < 4.78 is 0. The van der Waals surface area contributed by atoms with Crippen molar-refractivity contribution >= 4 is 11.7 Å². The van der Waals surface area contributed by atoms with Gasteiger partial charge in [-0.05, 0) is 25.7 Å². The Bertz CT molecular complexity index is 490. The smallest absolute Gasteiger partial charge is 0.225 e. The Morgan fingerprint density at radius 2 is 1.90 bits per heavy atom. The monoisotopic (exact) mass is 274 g/mol. The van der Waals surface area contributed by atoms with Gasteiger partial charge in [-0.25, -0.2) is 9.97 Å². The van der Waals surface area contributed by atoms with Crippen molar-refractivity contribution in [2.75, 3.05) is 32.1 Å². The Balaban J connectivity index is 1.63. The zero-order valence-electron chi connectivity index (χ0n) is 12.2. The molecule has 0 bridgehead atoms. The highest BCUT2D eigenvalue weighted by Gasteiger charge is 2.28. The normalized spacial score (nSPS) is 20.0. The first-order valence-corrected chi connectivity index (χ1v) is 7.43. The molecular weight excluding hydrogens is 252 g/mol. The lowest BCUT2D eigenvalue weighted by molar-refractivity contribution is -0.133. The van der Waals surface area contributed by atoms with E-state index in [9.17, 15) is 4.79 Å². The van der Waals surface area contributed by atoms with E-state index >= 15 is 0 Å². The zero-order valence-corrected chi connectivity index (χ0v) is 12.2. The molecule has 0 radical (unpaired) electrons. The van der Waals surface area contributed by atoms with Crippen LogP contribution in [0.5, 0.6) is 0 Å². The molecule has 5 nitrogen and oxygen atoms in total. The number of aromatic nitrogens is 2. The van der Waals surface area contributed by atoms with Crippen LogP contribution in [0.2, 0.25) is 0 Å². The lowest BCUT2D eigenvalue weighted by Gasteiger charge is -2.33. The van der Waals surface area contributed by atoms with Crippen LogP contribution in [0.15, 0.2) is 12.4 Å². The van der Waals surface area contributed by atoms with E-state index in [0.717, 1.165) is 31.7 Å². The molecule has 1 aromatic rings. The number of rotatable bonds is 3. The van der Waals surface area contributed by atoms with Crippen molar-refractivity contribution in [2.45, 2.75) is 31.6 Å². The van der Waals surface area contributed by atoms with Crippen molar-refractivity contribution in [2.24, 2.45) is 5.92 Å². The molecule has 1 amide bonds. The van der Waals surface area contributed by atoms with Gasteiger partial charge in [0.1, 0.15) is 12.1 Å². The van der Waals surface area contributed by atoms with Gasteiger partial charge in [-0.1, -0.05) is 0 Å². The third-order valence-corrected chi connectivity index (χ3v) is 4.28. The average Bonchev–Trinajstić information content (AvgIpc) is 3.31. The first-order chi connectivity index (χ1) is 9.65. The average molecular weight is 274 g/mol. The minimum atomic E-state index is 0.172. The highest BCUT2D eigenvalue weighted by molar-refractivity contribution is 5.78. The van der Waals surface area contributed by atoms with Crippen molar-refractivity contribution in [3.8, 4) is 0 Å². The van der Waals surface area contributed by atoms with E-state index in [1.165, 1.54) is 18.5 Å². The third-order valence-electron chi connectivity index (χ3n) is 4.28. The fourth-order valence-corrected chi connectivity index (χ4v) is 2.86. The molecule has 3 rings (SSSR count). The highest BCUT2D eigenvalue weighted by atomic mass is 16.2. The molecule has 1 aromatic heterocycles. The molecule has 5 heteroatoms. The lowest BCUT2D eigenvalue weighted by Crippen LogP contribution is -2.40. The molecule has 0 spiro atoms. The number of carbonyl (C=O) groups excluding carboxylic acids is 1. The van der Waals surface area contributed by atoms with E-state index in [2.05, 4.69) is 20.9 Å². The topological polar surface area (TPSA) is 49.3 Å². The summed E-state index contributed by atoms with van der Waals surface area (Å²) >= 11 is 0. The van der Waals surface area contributed by atoms with Crippen molar-refractivity contribution in [1.29, 1.82) is 0 Å². The molecule has 1 aliphatic heterocycles. The van der Waals surface area contributed by atoms with Crippen LogP contribution < -0.4 is 4.90 Å². The second kappa shape index (κ2) is 5.38. The summed E-state index contributed by atoms with van der Waals surface area (Å²) in [5.41, 5.74) is 1.18. The standard InChI is InChI=1S/C15H22N4O/c1-18(2)15(20)12-5-7-19(8-6-12)14-9-13(11-3-4-11)16-10-17-14/h9-12H,3-8H2,1-2H3. The van der Waals surface area contributed by atoms with Crippen LogP contribution in [0.25, 0.3) is 0 Å². The Kier molecular flexibility index (Phi) is 3.59. The number of anilines is 1. The summed E-state index contributed by atoms with van der Waals surface area (Å²) in [4.78, 5) is 24.7. The van der Waals surface area contributed by atoms with Crippen molar-refractivity contribution in [3.05, 3.63) is 18.1 Å². The molecule has 1 aliphatic carbocycles. The van der Waals surface area contributed by atoms with Gasteiger partial charge in [-0.3, -0.25) is 4.79 Å². The van der Waals surface area contributed by atoms with Gasteiger partial charge in [-0.2, -0.15) is 0 Å². The van der Waals surface area contributed by atoms with Crippen molar-refractivity contribution in [3.63, 3.8) is 0 Å². The molecule has 0 N–H and O–H groups in total. The second-order valence-electron chi connectivity index (χ2n) is 6.07. The van der Waals surface area contributed by atoms with Crippen LogP contribution in [0.3, 0.4) is 0 Å². The van der Waals surface area contributed by atoms with Crippen LogP contribution in [0, 0.1) is 5.92 Å². The van der Waals surface area contributed by atoms with Gasteiger partial charge in [-0.15, -0.1) is 0 Å². The molecule has 2 heterocycles. The van der Waals surface area contributed by atoms with Crippen LogP contribution in [-0.2, 0) is 4.79 Å². The predicted octanol–water partition coefficient (Wildman–Crippen LogP) is 1.66. The predicted molar refractivity (Wildman–Crippen MR) is 77.6 cm³/mol. The molecule has 0 aromatic carbocycles. The fourth-order valence-electron chi connectivity index (χ4n) is 2.86. The maximum absolute atomic E-state index is 12.0. The van der Waals surface area contributed by atoms with Crippen LogP contribution in [0.4, 0.5) is 5.82 Å². The number of nitrogens with zero attached hydrogens (tertiary/aromatic N) is 4. The summed E-state index contributed by atoms with van der Waals surface area (Å²) in [5.74, 6) is 2.11. The molecule has 1 saturated carbocycles. The van der Waals surface area contributed by atoms with Gasteiger partial charge in [0, 0.05) is 50.8 Å². The summed E-state index contributed by atoms with van der Waals surface area (Å²) in [6.45, 7) is 1.82. The van der Waals surface area contributed by atoms with Crippen LogP contribution in [0.1, 0.15) is 37.3 Å². The van der Waals surface area contributed by atoms with E-state index in [0.29, 0.717) is 5.92 Å². The molecule has 0 atom stereocenters. The first-order valence-electron chi connectivity index (χ1n) is 7.43. The molecule has 0 unspecified atom stereocenters. The van der Waals surface area contributed by atoms with E-state index < -0.39 is 0 Å². The number of hydrogen-bond donors (Lipinski definition) is 0. The molecule has 20 heavy (non-hydrogen) atoms. The largest absolute Gasteiger partial charge is 0.356 e. The summed E-state index contributed by atoms with van der Waals surface area (Å²) in [5, 5.41) is 0. The zero-order chi connectivity index (χ0) is 14.1. The van der Waals surface area contributed by atoms with E-state index in [1.54, 1.807) is 11.2 Å². The number of piperidine rings is 1. The lowest BCUT2D eigenvalue weighted by atomic mass is 9.95. The second-order valence-corrected chi connectivity index (χ2v) is 6.07. The maximum atomic E-state index is 12.0. The highest BCUT2D eigenvalue weighted by Crippen LogP contribution is 2.39. The SMILES string of the molecule is CN(C)C(=O)C1CCN(c2cc(C3CC3)ncn2)CC1. The van der Waals surface area contributed by atoms with Gasteiger partial charge < -0.3 is 9.80 Å². The quantitative estimate of drug-likeness (QED) is 0.841. The molecule has 2 fully saturated rings. The van der Waals surface area contributed by atoms with Gasteiger partial charge in [0.15, 0.2) is 0 Å². The Labute approximate surface area is 120 Å². The maximum Gasteiger partial charge on any atom is 0.225 e. The van der Waals surface area contributed by atoms with Crippen molar-refractivity contribution < 1.29 is 4.79 Å². The Hall–Kier alpha value is -1.65. The first kappa shape index (κ1) is 13.3. The number of carbonyl (C=O) groups is 1. The summed E-state index contributed by atoms with van der Waals surface area (Å²) in [6.07, 6.45) is 6.03.